The van der Waals surface area contributed by atoms with Crippen LogP contribution < -0.4 is 10.6 Å². The largest absolute Gasteiger partial charge is 0.478 e. The minimum Gasteiger partial charge on any atom is -0.478 e. The molecule has 5 nitrogen and oxygen atoms in total. The third-order valence-electron chi connectivity index (χ3n) is 2.92. The number of benzene rings is 1. The molecule has 1 heterocycles. The minimum absolute atomic E-state index is 0.189. The average molecular weight is 280 g/mol. The zero-order valence-electron chi connectivity index (χ0n) is 10.4. The summed E-state index contributed by atoms with van der Waals surface area (Å²) >= 11 is 5.15. The Bertz CT molecular complexity index is 473. The highest BCUT2D eigenvalue weighted by Gasteiger charge is 2.16. The van der Waals surface area contributed by atoms with E-state index >= 15 is 0 Å². The number of hydrogen-bond donors (Lipinski definition) is 3. The highest BCUT2D eigenvalue weighted by molar-refractivity contribution is 7.80. The normalized spacial score (nSPS) is 18.0. The quantitative estimate of drug-likeness (QED) is 0.731. The van der Waals surface area contributed by atoms with Gasteiger partial charge in [0.2, 0.25) is 0 Å². The Balaban J connectivity index is 1.89. The monoisotopic (exact) mass is 280 g/mol. The van der Waals surface area contributed by atoms with Crippen LogP contribution in [0.25, 0.3) is 0 Å². The van der Waals surface area contributed by atoms with Crippen LogP contribution in [0.5, 0.6) is 0 Å². The lowest BCUT2D eigenvalue weighted by Gasteiger charge is -2.15. The zero-order chi connectivity index (χ0) is 13.7. The lowest BCUT2D eigenvalue weighted by atomic mass is 10.2. The molecule has 6 heteroatoms. The molecule has 1 atom stereocenters. The van der Waals surface area contributed by atoms with Gasteiger partial charge in [0.1, 0.15) is 0 Å². The molecule has 0 saturated carbocycles. The van der Waals surface area contributed by atoms with Crippen LogP contribution in [0.3, 0.4) is 0 Å². The summed E-state index contributed by atoms with van der Waals surface area (Å²) in [5.41, 5.74) is 0.684. The zero-order valence-corrected chi connectivity index (χ0v) is 11.2. The van der Waals surface area contributed by atoms with Crippen molar-refractivity contribution in [2.45, 2.75) is 18.9 Å². The maximum Gasteiger partial charge on any atom is 0.337 e. The Hall–Kier alpha value is -1.66. The number of hydrogen-bond acceptors (Lipinski definition) is 3. The molecule has 0 amide bonds. The second kappa shape index (κ2) is 6.49. The van der Waals surface area contributed by atoms with Crippen molar-refractivity contribution in [3.63, 3.8) is 0 Å². The maximum absolute atomic E-state index is 11.0. The smallest absolute Gasteiger partial charge is 0.337 e. The van der Waals surface area contributed by atoms with Crippen LogP contribution >= 0.6 is 12.2 Å². The van der Waals surface area contributed by atoms with Crippen molar-refractivity contribution in [3.05, 3.63) is 29.8 Å². The van der Waals surface area contributed by atoms with Gasteiger partial charge in [0.25, 0.3) is 0 Å². The molecule has 1 aliphatic heterocycles. The number of thiocarbonyl (C=S) groups is 1. The molecule has 102 valence electrons. The number of para-hydroxylation sites is 1. The molecule has 3 N–H and O–H groups in total. The Labute approximate surface area is 117 Å². The fourth-order valence-electron chi connectivity index (χ4n) is 1.96. The van der Waals surface area contributed by atoms with Crippen molar-refractivity contribution >= 4 is 29.0 Å². The first-order valence-corrected chi connectivity index (χ1v) is 6.56. The number of carboxylic acids is 1. The van der Waals surface area contributed by atoms with Gasteiger partial charge in [0, 0.05) is 13.2 Å². The molecule has 2 rings (SSSR count). The van der Waals surface area contributed by atoms with Gasteiger partial charge < -0.3 is 20.5 Å². The molecule has 1 aromatic rings. The van der Waals surface area contributed by atoms with Gasteiger partial charge in [-0.15, -0.1) is 0 Å². The van der Waals surface area contributed by atoms with Gasteiger partial charge in [-0.05, 0) is 37.2 Å². The van der Waals surface area contributed by atoms with Crippen LogP contribution in [0.2, 0.25) is 0 Å². The van der Waals surface area contributed by atoms with Gasteiger partial charge in [0.15, 0.2) is 5.11 Å². The Kier molecular flexibility index (Phi) is 4.70. The summed E-state index contributed by atoms with van der Waals surface area (Å²) in [7, 11) is 0. The first-order valence-electron chi connectivity index (χ1n) is 6.15. The van der Waals surface area contributed by atoms with Crippen LogP contribution in [-0.4, -0.2) is 35.4 Å². The number of nitrogens with one attached hydrogen (secondary N) is 2. The third kappa shape index (κ3) is 3.90. The number of ether oxygens (including phenoxy) is 1. The van der Waals surface area contributed by atoms with Crippen molar-refractivity contribution in [2.24, 2.45) is 0 Å². The SMILES string of the molecule is O=C(O)c1ccccc1NC(=S)NC[C@@H]1CCCO1. The van der Waals surface area contributed by atoms with Crippen LogP contribution in [0.15, 0.2) is 24.3 Å². The predicted octanol–water partition coefficient (Wildman–Crippen LogP) is 1.85. The standard InChI is InChI=1S/C13H16N2O3S/c16-12(17)10-5-1-2-6-11(10)15-13(19)14-8-9-4-3-7-18-9/h1-2,5-6,9H,3-4,7-8H2,(H,16,17)(H2,14,15,19)/t9-/m0/s1. The Morgan fingerprint density at radius 1 is 1.47 bits per heavy atom. The van der Waals surface area contributed by atoms with Crippen molar-refractivity contribution in [1.82, 2.24) is 5.32 Å². The molecule has 1 fully saturated rings. The van der Waals surface area contributed by atoms with Crippen LogP contribution in [0.4, 0.5) is 5.69 Å². The summed E-state index contributed by atoms with van der Waals surface area (Å²) in [5, 5.41) is 15.4. The second-order valence-electron chi connectivity index (χ2n) is 4.32. The van der Waals surface area contributed by atoms with Crippen LogP contribution in [0.1, 0.15) is 23.2 Å². The number of anilines is 1. The van der Waals surface area contributed by atoms with E-state index in [9.17, 15) is 4.79 Å². The molecular formula is C13H16N2O3S. The lowest BCUT2D eigenvalue weighted by molar-refractivity contribution is 0.0698. The molecule has 19 heavy (non-hydrogen) atoms. The molecule has 0 unspecified atom stereocenters. The molecule has 0 aliphatic carbocycles. The first-order chi connectivity index (χ1) is 9.16. The van der Waals surface area contributed by atoms with Gasteiger partial charge in [-0.3, -0.25) is 0 Å². The molecule has 1 aromatic carbocycles. The molecule has 1 saturated heterocycles. The van der Waals surface area contributed by atoms with Gasteiger partial charge in [-0.25, -0.2) is 4.79 Å². The van der Waals surface area contributed by atoms with Gasteiger partial charge in [-0.2, -0.15) is 0 Å². The van der Waals surface area contributed by atoms with E-state index in [4.69, 9.17) is 22.1 Å². The van der Waals surface area contributed by atoms with E-state index in [2.05, 4.69) is 10.6 Å². The maximum atomic E-state index is 11.0. The fourth-order valence-corrected chi connectivity index (χ4v) is 2.15. The molecule has 1 aliphatic rings. The summed E-state index contributed by atoms with van der Waals surface area (Å²) in [4.78, 5) is 11.0. The van der Waals surface area contributed by atoms with Crippen molar-refractivity contribution < 1.29 is 14.6 Å². The van der Waals surface area contributed by atoms with Gasteiger partial charge in [0.05, 0.1) is 17.4 Å². The first kappa shape index (κ1) is 13.8. The summed E-state index contributed by atoms with van der Waals surface area (Å²) < 4.78 is 5.47. The summed E-state index contributed by atoms with van der Waals surface area (Å²) in [6.07, 6.45) is 2.30. The predicted molar refractivity (Wildman–Crippen MR) is 76.6 cm³/mol. The third-order valence-corrected chi connectivity index (χ3v) is 3.17. The lowest BCUT2D eigenvalue weighted by Crippen LogP contribution is -2.35. The van der Waals surface area contributed by atoms with E-state index in [1.165, 1.54) is 6.07 Å². The second-order valence-corrected chi connectivity index (χ2v) is 4.73. The van der Waals surface area contributed by atoms with E-state index in [0.717, 1.165) is 19.4 Å². The van der Waals surface area contributed by atoms with E-state index in [1.54, 1.807) is 18.2 Å². The molecule has 0 spiro atoms. The topological polar surface area (TPSA) is 70.6 Å². The highest BCUT2D eigenvalue weighted by atomic mass is 32.1. The van der Waals surface area contributed by atoms with E-state index in [0.29, 0.717) is 17.3 Å². The van der Waals surface area contributed by atoms with Crippen molar-refractivity contribution in [1.29, 1.82) is 0 Å². The Morgan fingerprint density at radius 2 is 2.26 bits per heavy atom. The minimum atomic E-state index is -0.981. The van der Waals surface area contributed by atoms with Gasteiger partial charge >= 0.3 is 5.97 Å². The molecule has 0 aromatic heterocycles. The van der Waals surface area contributed by atoms with Crippen molar-refractivity contribution in [2.75, 3.05) is 18.5 Å². The number of rotatable bonds is 4. The van der Waals surface area contributed by atoms with E-state index < -0.39 is 5.97 Å². The van der Waals surface area contributed by atoms with Gasteiger partial charge in [-0.1, -0.05) is 12.1 Å². The van der Waals surface area contributed by atoms with Crippen LogP contribution in [-0.2, 0) is 4.74 Å². The van der Waals surface area contributed by atoms with Crippen LogP contribution in [0, 0.1) is 0 Å². The van der Waals surface area contributed by atoms with E-state index in [1.807, 2.05) is 0 Å². The summed E-state index contributed by atoms with van der Waals surface area (Å²) in [6, 6.07) is 6.66. The average Bonchev–Trinajstić information content (AvgIpc) is 2.90. The highest BCUT2D eigenvalue weighted by Crippen LogP contribution is 2.15. The number of carbonyl (C=O) groups is 1. The van der Waals surface area contributed by atoms with Crippen molar-refractivity contribution in [3.8, 4) is 0 Å². The summed E-state index contributed by atoms with van der Waals surface area (Å²) in [5.74, 6) is -0.981. The molecular weight excluding hydrogens is 264 g/mol. The Morgan fingerprint density at radius 3 is 2.95 bits per heavy atom. The fraction of sp³-hybridized carbons (Fsp3) is 0.385. The number of carboxylic acid groups (broad SMARTS) is 1. The number of aromatic carboxylic acids is 1. The molecule has 0 bridgehead atoms. The molecule has 0 radical (unpaired) electrons. The summed E-state index contributed by atoms with van der Waals surface area (Å²) in [6.45, 7) is 1.44. The van der Waals surface area contributed by atoms with E-state index in [-0.39, 0.29) is 11.7 Å².